The van der Waals surface area contributed by atoms with Gasteiger partial charge in [-0.05, 0) is 57.9 Å². The molecule has 0 saturated carbocycles. The third-order valence-corrected chi connectivity index (χ3v) is 9.20. The van der Waals surface area contributed by atoms with E-state index < -0.39 is 21.9 Å². The molecule has 1 atom stereocenters. The largest absolute Gasteiger partial charge is 0.462 e. The van der Waals surface area contributed by atoms with E-state index in [2.05, 4.69) is 9.88 Å². The van der Waals surface area contributed by atoms with Crippen molar-refractivity contribution in [1.82, 2.24) is 14.2 Å². The second-order valence-electron chi connectivity index (χ2n) is 9.29. The molecule has 1 amide bonds. The first kappa shape index (κ1) is 26.5. The first-order valence-corrected chi connectivity index (χ1v) is 14.1. The maximum Gasteiger partial charge on any atom is 0.341 e. The van der Waals surface area contributed by atoms with Gasteiger partial charge in [-0.25, -0.2) is 13.2 Å². The summed E-state index contributed by atoms with van der Waals surface area (Å²) in [6.07, 6.45) is 1.22. The number of aromatic amines is 1. The zero-order valence-corrected chi connectivity index (χ0v) is 22.5. The summed E-state index contributed by atoms with van der Waals surface area (Å²) in [5, 5.41) is 0.684. The lowest BCUT2D eigenvalue weighted by molar-refractivity contribution is -0.137. The van der Waals surface area contributed by atoms with Crippen LogP contribution in [0.4, 0.5) is 5.69 Å². The number of rotatable bonds is 6. The lowest BCUT2D eigenvalue weighted by Crippen LogP contribution is -2.53. The summed E-state index contributed by atoms with van der Waals surface area (Å²) in [6.45, 7) is 8.08. The minimum Gasteiger partial charge on any atom is -0.462 e. The molecule has 2 aliphatic heterocycles. The Morgan fingerprint density at radius 3 is 2.36 bits per heavy atom. The van der Waals surface area contributed by atoms with Crippen LogP contribution in [0.15, 0.2) is 29.2 Å². The van der Waals surface area contributed by atoms with E-state index in [9.17, 15) is 18.0 Å². The first-order chi connectivity index (χ1) is 17.1. The fraction of sp³-hybridized carbons (Fsp3) is 0.520. The number of aryl methyl sites for hydroxylation is 2. The number of H-pyrrole nitrogens is 1. The molecular formula is C25H33ClN4O5S. The molecule has 0 aliphatic carbocycles. The van der Waals surface area contributed by atoms with E-state index in [1.165, 1.54) is 4.31 Å². The molecule has 2 aromatic rings. The van der Waals surface area contributed by atoms with Crippen LogP contribution in [0, 0.1) is 19.8 Å². The molecule has 3 heterocycles. The van der Waals surface area contributed by atoms with E-state index in [0.29, 0.717) is 62.0 Å². The molecule has 0 bridgehead atoms. The van der Waals surface area contributed by atoms with E-state index in [4.69, 9.17) is 16.3 Å². The molecule has 1 N–H and O–H groups in total. The van der Waals surface area contributed by atoms with Crippen molar-refractivity contribution in [3.8, 4) is 0 Å². The van der Waals surface area contributed by atoms with Crippen molar-refractivity contribution in [3.05, 3.63) is 46.2 Å². The molecule has 2 fully saturated rings. The number of ether oxygens (including phenoxy) is 1. The molecule has 11 heteroatoms. The number of amides is 1. The Morgan fingerprint density at radius 1 is 1.06 bits per heavy atom. The molecule has 1 aromatic carbocycles. The monoisotopic (exact) mass is 536 g/mol. The number of halogens is 1. The minimum absolute atomic E-state index is 0.0155. The Labute approximate surface area is 217 Å². The average molecular weight is 537 g/mol. The number of carbonyl (C=O) groups excluding carboxylic acids is 2. The smallest absolute Gasteiger partial charge is 0.341 e. The molecule has 2 aliphatic rings. The standard InChI is InChI=1S/C25H33ClN4O5S/c1-4-35-25(32)22-17(2)27-18(3)23(22)36(33,34)30-11-5-6-19(16-30)24(31)29-14-12-28(13-15-29)21-9-7-20(26)8-10-21/h7-10,19,27H,4-6,11-16H2,1-3H3/t19-/m1/s1. The number of nitrogens with one attached hydrogen (secondary N) is 1. The lowest BCUT2D eigenvalue weighted by atomic mass is 9.97. The van der Waals surface area contributed by atoms with Gasteiger partial charge in [0.15, 0.2) is 0 Å². The Kier molecular flexibility index (Phi) is 7.96. The number of piperidine rings is 1. The van der Waals surface area contributed by atoms with Crippen LogP contribution in [-0.2, 0) is 19.6 Å². The van der Waals surface area contributed by atoms with Crippen LogP contribution in [0.25, 0.3) is 0 Å². The van der Waals surface area contributed by atoms with Crippen molar-refractivity contribution >= 4 is 39.2 Å². The Hall–Kier alpha value is -2.56. The number of anilines is 1. The van der Waals surface area contributed by atoms with Crippen LogP contribution in [-0.4, -0.2) is 80.4 Å². The fourth-order valence-corrected chi connectivity index (χ4v) is 7.18. The van der Waals surface area contributed by atoms with Crippen molar-refractivity contribution in [2.75, 3.05) is 50.8 Å². The predicted octanol–water partition coefficient (Wildman–Crippen LogP) is 3.21. The highest BCUT2D eigenvalue weighted by atomic mass is 35.5. The van der Waals surface area contributed by atoms with Gasteiger partial charge in [-0.1, -0.05) is 11.6 Å². The van der Waals surface area contributed by atoms with Gasteiger partial charge in [0.2, 0.25) is 15.9 Å². The zero-order chi connectivity index (χ0) is 26.0. The van der Waals surface area contributed by atoms with Crippen molar-refractivity contribution < 1.29 is 22.7 Å². The first-order valence-electron chi connectivity index (χ1n) is 12.3. The molecule has 0 spiro atoms. The van der Waals surface area contributed by atoms with Crippen molar-refractivity contribution in [2.24, 2.45) is 5.92 Å². The van der Waals surface area contributed by atoms with Gasteiger partial charge in [0, 0.05) is 61.4 Å². The summed E-state index contributed by atoms with van der Waals surface area (Å²) in [5.74, 6) is -1.10. The number of aromatic nitrogens is 1. The normalized spacial score (nSPS) is 19.4. The van der Waals surface area contributed by atoms with E-state index in [1.807, 2.05) is 29.2 Å². The van der Waals surface area contributed by atoms with Gasteiger partial charge in [-0.15, -0.1) is 0 Å². The van der Waals surface area contributed by atoms with Gasteiger partial charge in [0.1, 0.15) is 10.5 Å². The molecule has 0 radical (unpaired) electrons. The van der Waals surface area contributed by atoms with Crippen LogP contribution >= 0.6 is 11.6 Å². The third-order valence-electron chi connectivity index (χ3n) is 6.91. The van der Waals surface area contributed by atoms with Crippen LogP contribution < -0.4 is 4.90 Å². The number of hydrogen-bond acceptors (Lipinski definition) is 6. The number of piperazine rings is 1. The molecule has 0 unspecified atom stereocenters. The molecular weight excluding hydrogens is 504 g/mol. The van der Waals surface area contributed by atoms with Crippen molar-refractivity contribution in [2.45, 2.75) is 38.5 Å². The highest BCUT2D eigenvalue weighted by Gasteiger charge is 2.39. The number of sulfonamides is 1. The number of esters is 1. The van der Waals surface area contributed by atoms with Crippen LogP contribution in [0.3, 0.4) is 0 Å². The molecule has 4 rings (SSSR count). The highest BCUT2D eigenvalue weighted by Crippen LogP contribution is 2.31. The quantitative estimate of drug-likeness (QED) is 0.569. The van der Waals surface area contributed by atoms with Crippen LogP contribution in [0.1, 0.15) is 41.5 Å². The second-order valence-corrected chi connectivity index (χ2v) is 11.6. The van der Waals surface area contributed by atoms with Gasteiger partial charge in [0.25, 0.3) is 0 Å². The van der Waals surface area contributed by atoms with Gasteiger partial charge in [-0.2, -0.15) is 4.31 Å². The van der Waals surface area contributed by atoms with Gasteiger partial charge in [0.05, 0.1) is 12.5 Å². The zero-order valence-electron chi connectivity index (χ0n) is 20.9. The van der Waals surface area contributed by atoms with Gasteiger partial charge >= 0.3 is 5.97 Å². The number of carbonyl (C=O) groups is 2. The summed E-state index contributed by atoms with van der Waals surface area (Å²) >= 11 is 5.99. The molecule has 196 valence electrons. The summed E-state index contributed by atoms with van der Waals surface area (Å²) in [6, 6.07) is 7.65. The summed E-state index contributed by atoms with van der Waals surface area (Å²) in [4.78, 5) is 32.9. The maximum absolute atomic E-state index is 13.7. The van der Waals surface area contributed by atoms with Crippen LogP contribution in [0.5, 0.6) is 0 Å². The number of hydrogen-bond donors (Lipinski definition) is 1. The summed E-state index contributed by atoms with van der Waals surface area (Å²) < 4.78 is 33.8. The molecule has 36 heavy (non-hydrogen) atoms. The van der Waals surface area contributed by atoms with E-state index in [-0.39, 0.29) is 29.5 Å². The SMILES string of the molecule is CCOC(=O)c1c(C)[nH]c(C)c1S(=O)(=O)N1CCC[C@@H](C(=O)N2CCN(c3ccc(Cl)cc3)CC2)C1. The number of benzene rings is 1. The minimum atomic E-state index is -4.00. The Balaban J connectivity index is 1.45. The summed E-state index contributed by atoms with van der Waals surface area (Å²) in [5.41, 5.74) is 1.95. The van der Waals surface area contributed by atoms with E-state index in [1.54, 1.807) is 20.8 Å². The average Bonchev–Trinajstić information content (AvgIpc) is 3.18. The second kappa shape index (κ2) is 10.8. The summed E-state index contributed by atoms with van der Waals surface area (Å²) in [7, 11) is -4.00. The Morgan fingerprint density at radius 2 is 1.72 bits per heavy atom. The third kappa shape index (κ3) is 5.26. The predicted molar refractivity (Wildman–Crippen MR) is 138 cm³/mol. The van der Waals surface area contributed by atoms with Crippen molar-refractivity contribution in [1.29, 1.82) is 0 Å². The molecule has 9 nitrogen and oxygen atoms in total. The molecule has 2 saturated heterocycles. The maximum atomic E-state index is 13.7. The van der Waals surface area contributed by atoms with Crippen molar-refractivity contribution in [3.63, 3.8) is 0 Å². The lowest BCUT2D eigenvalue weighted by Gasteiger charge is -2.39. The van der Waals surface area contributed by atoms with Gasteiger partial charge < -0.3 is 19.5 Å². The van der Waals surface area contributed by atoms with E-state index >= 15 is 0 Å². The molecule has 1 aromatic heterocycles. The highest BCUT2D eigenvalue weighted by molar-refractivity contribution is 7.89. The van der Waals surface area contributed by atoms with E-state index in [0.717, 1.165) is 5.69 Å². The Bertz CT molecular complexity index is 1220. The number of nitrogens with zero attached hydrogens (tertiary/aromatic N) is 3. The van der Waals surface area contributed by atoms with Gasteiger partial charge in [-0.3, -0.25) is 4.79 Å². The fourth-order valence-electron chi connectivity index (χ4n) is 5.12. The topological polar surface area (TPSA) is 103 Å². The van der Waals surface area contributed by atoms with Crippen LogP contribution in [0.2, 0.25) is 5.02 Å².